The van der Waals surface area contributed by atoms with Crippen LogP contribution in [0.1, 0.15) is 40.9 Å². The lowest BCUT2D eigenvalue weighted by atomic mass is 10.0. The van der Waals surface area contributed by atoms with Gasteiger partial charge >= 0.3 is 0 Å². The molecule has 9 heteroatoms. The minimum atomic E-state index is -2.70. The third-order valence-corrected chi connectivity index (χ3v) is 7.04. The second kappa shape index (κ2) is 11.0. The molecule has 0 radical (unpaired) electrons. The Kier molecular flexibility index (Phi) is 7.48. The number of piperidine rings is 1. The van der Waals surface area contributed by atoms with Crippen molar-refractivity contribution in [3.8, 4) is 11.1 Å². The number of nitrogens with zero attached hydrogens (tertiary/aromatic N) is 2. The van der Waals surface area contributed by atoms with Crippen molar-refractivity contribution in [3.05, 3.63) is 88.8 Å². The molecule has 0 unspecified atom stereocenters. The number of amides is 1. The van der Waals surface area contributed by atoms with Gasteiger partial charge in [-0.15, -0.1) is 0 Å². The van der Waals surface area contributed by atoms with Gasteiger partial charge in [0.15, 0.2) is 11.4 Å². The van der Waals surface area contributed by atoms with Crippen LogP contribution in [0.25, 0.3) is 28.2 Å². The molecule has 1 amide bonds. The molecule has 0 bridgehead atoms. The fourth-order valence-electron chi connectivity index (χ4n) is 4.51. The van der Waals surface area contributed by atoms with Gasteiger partial charge in [0.2, 0.25) is 0 Å². The summed E-state index contributed by atoms with van der Waals surface area (Å²) in [5.74, 6) is -1.94. The van der Waals surface area contributed by atoms with E-state index in [4.69, 9.17) is 21.8 Å². The van der Waals surface area contributed by atoms with Crippen molar-refractivity contribution in [1.29, 1.82) is 0 Å². The van der Waals surface area contributed by atoms with E-state index < -0.39 is 5.92 Å². The van der Waals surface area contributed by atoms with Gasteiger partial charge in [-0.2, -0.15) is 0 Å². The van der Waals surface area contributed by atoms with Crippen molar-refractivity contribution in [2.45, 2.75) is 31.6 Å². The molecule has 0 saturated carbocycles. The Morgan fingerprint density at radius 1 is 1.05 bits per heavy atom. The fourth-order valence-corrected chi connectivity index (χ4v) is 4.78. The van der Waals surface area contributed by atoms with E-state index in [0.29, 0.717) is 34.2 Å². The SMILES string of the molecule is Nc1ccc(/C=C/C(=O)CCc2cc3cc(-c4ccc(C(=O)N5CCC(F)(F)CC5)cc4)cc(Cl)c3o2)cn1. The number of likely N-dealkylation sites (tertiary alicyclic amines) is 1. The number of halogens is 3. The lowest BCUT2D eigenvalue weighted by Crippen LogP contribution is -2.42. The van der Waals surface area contributed by atoms with Gasteiger partial charge in [-0.1, -0.05) is 23.7 Å². The fraction of sp³-hybridized carbons (Fsp3) is 0.233. The number of nitrogens with two attached hydrogens (primary N) is 1. The first kappa shape index (κ1) is 26.6. The zero-order valence-electron chi connectivity index (χ0n) is 21.0. The minimum absolute atomic E-state index is 0.0463. The molecule has 2 N–H and O–H groups in total. The number of nitrogen functional groups attached to an aromatic ring is 1. The van der Waals surface area contributed by atoms with Gasteiger partial charge in [-0.25, -0.2) is 13.8 Å². The van der Waals surface area contributed by atoms with E-state index in [9.17, 15) is 18.4 Å². The quantitative estimate of drug-likeness (QED) is 0.256. The van der Waals surface area contributed by atoms with Crippen LogP contribution in [0.15, 0.2) is 71.3 Å². The van der Waals surface area contributed by atoms with Crippen LogP contribution in [0.2, 0.25) is 5.02 Å². The number of aromatic nitrogens is 1. The molecule has 200 valence electrons. The highest BCUT2D eigenvalue weighted by Crippen LogP contribution is 2.34. The average molecular weight is 550 g/mol. The van der Waals surface area contributed by atoms with Crippen molar-refractivity contribution in [2.24, 2.45) is 0 Å². The number of rotatable bonds is 7. The Morgan fingerprint density at radius 2 is 1.79 bits per heavy atom. The molecule has 1 saturated heterocycles. The number of hydrogen-bond donors (Lipinski definition) is 1. The molecular formula is C30H26ClF2N3O3. The van der Waals surface area contributed by atoms with Gasteiger partial charge in [-0.3, -0.25) is 9.59 Å². The van der Waals surface area contributed by atoms with Crippen molar-refractivity contribution >= 4 is 46.2 Å². The zero-order chi connectivity index (χ0) is 27.6. The Hall–Kier alpha value is -4.04. The number of fused-ring (bicyclic) bond motifs is 1. The molecule has 1 aliphatic heterocycles. The molecule has 0 aliphatic carbocycles. The summed E-state index contributed by atoms with van der Waals surface area (Å²) in [4.78, 5) is 30.5. The van der Waals surface area contributed by atoms with E-state index in [2.05, 4.69) is 4.98 Å². The summed E-state index contributed by atoms with van der Waals surface area (Å²) in [7, 11) is 0. The third kappa shape index (κ3) is 6.34. The van der Waals surface area contributed by atoms with Crippen LogP contribution in [0.5, 0.6) is 0 Å². The molecule has 6 nitrogen and oxygen atoms in total. The summed E-state index contributed by atoms with van der Waals surface area (Å²) in [6, 6.07) is 16.1. The number of aryl methyl sites for hydroxylation is 1. The maximum absolute atomic E-state index is 13.4. The third-order valence-electron chi connectivity index (χ3n) is 6.76. The minimum Gasteiger partial charge on any atom is -0.459 e. The number of benzene rings is 2. The molecular weight excluding hydrogens is 524 g/mol. The predicted molar refractivity (Wildman–Crippen MR) is 148 cm³/mol. The highest BCUT2D eigenvalue weighted by atomic mass is 35.5. The summed E-state index contributed by atoms with van der Waals surface area (Å²) in [6.07, 6.45) is 4.87. The van der Waals surface area contributed by atoms with E-state index in [1.54, 1.807) is 42.6 Å². The Balaban J connectivity index is 1.24. The smallest absolute Gasteiger partial charge is 0.253 e. The number of allylic oxidation sites excluding steroid dienone is 1. The van der Waals surface area contributed by atoms with Crippen LogP contribution in [-0.4, -0.2) is 40.6 Å². The first-order chi connectivity index (χ1) is 18.7. The highest BCUT2D eigenvalue weighted by Gasteiger charge is 2.35. The first-order valence-electron chi connectivity index (χ1n) is 12.6. The van der Waals surface area contributed by atoms with Crippen LogP contribution in [-0.2, 0) is 11.2 Å². The maximum Gasteiger partial charge on any atom is 0.253 e. The van der Waals surface area contributed by atoms with Gasteiger partial charge in [0.1, 0.15) is 11.6 Å². The van der Waals surface area contributed by atoms with E-state index >= 15 is 0 Å². The summed E-state index contributed by atoms with van der Waals surface area (Å²) >= 11 is 6.51. The normalized spacial score (nSPS) is 15.2. The number of carbonyl (C=O) groups excluding carboxylic acids is 2. The molecule has 0 atom stereocenters. The number of carbonyl (C=O) groups is 2. The second-order valence-electron chi connectivity index (χ2n) is 9.63. The summed E-state index contributed by atoms with van der Waals surface area (Å²) in [5, 5.41) is 1.24. The lowest BCUT2D eigenvalue weighted by molar-refractivity contribution is -0.114. The lowest BCUT2D eigenvalue weighted by Gasteiger charge is -2.31. The Labute approximate surface area is 229 Å². The van der Waals surface area contributed by atoms with Gasteiger partial charge < -0.3 is 15.1 Å². The van der Waals surface area contributed by atoms with E-state index in [1.807, 2.05) is 24.3 Å². The molecule has 4 aromatic rings. The van der Waals surface area contributed by atoms with Gasteiger partial charge in [-0.05, 0) is 71.3 Å². The molecule has 0 spiro atoms. The monoisotopic (exact) mass is 549 g/mol. The van der Waals surface area contributed by atoms with E-state index in [0.717, 1.165) is 22.1 Å². The zero-order valence-corrected chi connectivity index (χ0v) is 21.8. The van der Waals surface area contributed by atoms with Crippen LogP contribution in [0.4, 0.5) is 14.6 Å². The maximum atomic E-state index is 13.4. The first-order valence-corrected chi connectivity index (χ1v) is 13.0. The average Bonchev–Trinajstić information content (AvgIpc) is 3.35. The summed E-state index contributed by atoms with van der Waals surface area (Å²) in [5.41, 5.74) is 9.04. The van der Waals surface area contributed by atoms with Gasteiger partial charge in [0.05, 0.1) is 5.02 Å². The van der Waals surface area contributed by atoms with Crippen LogP contribution in [0.3, 0.4) is 0 Å². The Bertz CT molecular complexity index is 1540. The van der Waals surface area contributed by atoms with Crippen LogP contribution in [0, 0.1) is 0 Å². The molecule has 1 fully saturated rings. The number of furan rings is 1. The molecule has 1 aliphatic rings. The van der Waals surface area contributed by atoms with Crippen molar-refractivity contribution in [3.63, 3.8) is 0 Å². The van der Waals surface area contributed by atoms with Crippen molar-refractivity contribution in [1.82, 2.24) is 9.88 Å². The highest BCUT2D eigenvalue weighted by molar-refractivity contribution is 6.35. The molecule has 2 aromatic heterocycles. The van der Waals surface area contributed by atoms with Crippen molar-refractivity contribution in [2.75, 3.05) is 18.8 Å². The predicted octanol–water partition coefficient (Wildman–Crippen LogP) is 6.82. The van der Waals surface area contributed by atoms with Gasteiger partial charge in [0.25, 0.3) is 11.8 Å². The van der Waals surface area contributed by atoms with E-state index in [-0.39, 0.29) is 44.0 Å². The largest absolute Gasteiger partial charge is 0.459 e. The molecule has 3 heterocycles. The number of anilines is 1. The number of ketones is 1. The van der Waals surface area contributed by atoms with Crippen molar-refractivity contribution < 1.29 is 22.8 Å². The topological polar surface area (TPSA) is 89.4 Å². The number of hydrogen-bond acceptors (Lipinski definition) is 5. The molecule has 5 rings (SSSR count). The number of alkyl halides is 2. The summed E-state index contributed by atoms with van der Waals surface area (Å²) in [6.45, 7) is 0.0925. The molecule has 2 aromatic carbocycles. The summed E-state index contributed by atoms with van der Waals surface area (Å²) < 4.78 is 32.8. The van der Waals surface area contributed by atoms with Crippen LogP contribution >= 0.6 is 11.6 Å². The van der Waals surface area contributed by atoms with Crippen LogP contribution < -0.4 is 5.73 Å². The number of pyridine rings is 1. The van der Waals surface area contributed by atoms with Gasteiger partial charge in [0, 0.05) is 55.9 Å². The second-order valence-corrected chi connectivity index (χ2v) is 10.0. The van der Waals surface area contributed by atoms with E-state index in [1.165, 1.54) is 11.0 Å². The Morgan fingerprint density at radius 3 is 2.49 bits per heavy atom. The standard InChI is InChI=1S/C30H26ClF2N3O3/c31-26-17-22(20-3-5-21(6-4-20)29(38)36-13-11-30(32,33)12-14-36)15-23-16-25(39-28(23)26)9-8-24(37)7-1-19-2-10-27(34)35-18-19/h1-7,10,15-18H,8-9,11-14H2,(H2,34,35)/b7-1+. The molecule has 39 heavy (non-hydrogen) atoms.